The summed E-state index contributed by atoms with van der Waals surface area (Å²) in [5.74, 6) is 0.831. The molecular weight excluding hydrogens is 336 g/mol. The molecule has 3 rings (SSSR count). The molecule has 0 unspecified atom stereocenters. The first-order valence-corrected chi connectivity index (χ1v) is 9.45. The molecule has 2 aliphatic heterocycles. The monoisotopic (exact) mass is 364 g/mol. The van der Waals surface area contributed by atoms with Crippen LogP contribution in [0.5, 0.6) is 0 Å². The highest BCUT2D eigenvalue weighted by atomic mass is 16.5. The van der Waals surface area contributed by atoms with Crippen molar-refractivity contribution < 1.29 is 18.8 Å². The van der Waals surface area contributed by atoms with Gasteiger partial charge in [-0.25, -0.2) is 0 Å². The van der Waals surface area contributed by atoms with E-state index in [-0.39, 0.29) is 24.2 Å². The number of hydrogen-bond acceptors (Lipinski definition) is 7. The fraction of sp³-hybridized carbons (Fsp3) is 0.778. The number of rotatable bonds is 5. The van der Waals surface area contributed by atoms with Gasteiger partial charge in [0.25, 0.3) is 0 Å². The number of carbonyl (C=O) groups excluding carboxylic acids is 2. The van der Waals surface area contributed by atoms with Gasteiger partial charge in [-0.3, -0.25) is 9.59 Å². The fourth-order valence-electron chi connectivity index (χ4n) is 4.27. The number of hydrogen-bond donors (Lipinski definition) is 0. The molecule has 8 heteroatoms. The zero-order chi connectivity index (χ0) is 18.7. The predicted molar refractivity (Wildman–Crippen MR) is 93.2 cm³/mol. The smallest absolute Gasteiger partial charge is 0.313 e. The molecule has 0 bridgehead atoms. The molecule has 2 atom stereocenters. The van der Waals surface area contributed by atoms with Crippen LogP contribution in [0.25, 0.3) is 0 Å². The van der Waals surface area contributed by atoms with Crippen LogP contribution in [0.4, 0.5) is 0 Å². The number of nitrogens with zero attached hydrogens (tertiary/aromatic N) is 4. The van der Waals surface area contributed by atoms with Gasteiger partial charge in [0.05, 0.1) is 12.0 Å². The third-order valence-corrected chi connectivity index (χ3v) is 5.61. The number of esters is 1. The summed E-state index contributed by atoms with van der Waals surface area (Å²) in [5, 5.41) is 3.74. The van der Waals surface area contributed by atoms with Crippen LogP contribution in [0.15, 0.2) is 4.52 Å². The van der Waals surface area contributed by atoms with Gasteiger partial charge in [-0.1, -0.05) is 12.1 Å². The maximum atomic E-state index is 12.8. The summed E-state index contributed by atoms with van der Waals surface area (Å²) in [7, 11) is 0. The van der Waals surface area contributed by atoms with E-state index >= 15 is 0 Å². The fourth-order valence-corrected chi connectivity index (χ4v) is 4.27. The van der Waals surface area contributed by atoms with Crippen molar-refractivity contribution in [1.82, 2.24) is 19.9 Å². The van der Waals surface area contributed by atoms with Gasteiger partial charge in [-0.15, -0.1) is 0 Å². The summed E-state index contributed by atoms with van der Waals surface area (Å²) in [4.78, 5) is 33.8. The number of fused-ring (bicyclic) bond motifs is 1. The normalized spacial score (nSPS) is 26.4. The van der Waals surface area contributed by atoms with Crippen molar-refractivity contribution in [2.45, 2.75) is 40.0 Å². The van der Waals surface area contributed by atoms with Crippen LogP contribution in [-0.2, 0) is 20.7 Å². The van der Waals surface area contributed by atoms with Crippen molar-refractivity contribution in [3.8, 4) is 0 Å². The lowest BCUT2D eigenvalue weighted by Gasteiger charge is -2.31. The number of likely N-dealkylation sites (tertiary alicyclic amines) is 2. The summed E-state index contributed by atoms with van der Waals surface area (Å²) in [6.07, 6.45) is 1.66. The summed E-state index contributed by atoms with van der Waals surface area (Å²) in [6, 6.07) is 0. The molecule has 1 aromatic rings. The first-order valence-electron chi connectivity index (χ1n) is 9.45. The molecule has 2 saturated heterocycles. The van der Waals surface area contributed by atoms with Crippen molar-refractivity contribution in [2.24, 2.45) is 11.3 Å². The molecule has 0 saturated carbocycles. The molecule has 1 amide bonds. The summed E-state index contributed by atoms with van der Waals surface area (Å²) in [6.45, 7) is 9.72. The minimum absolute atomic E-state index is 0.0248. The largest absolute Gasteiger partial charge is 0.466 e. The average Bonchev–Trinajstić information content (AvgIpc) is 3.13. The molecule has 0 aromatic carbocycles. The van der Waals surface area contributed by atoms with E-state index in [9.17, 15) is 9.59 Å². The van der Waals surface area contributed by atoms with Gasteiger partial charge in [0, 0.05) is 32.1 Å². The van der Waals surface area contributed by atoms with Crippen LogP contribution < -0.4 is 0 Å². The van der Waals surface area contributed by atoms with Gasteiger partial charge in [0.2, 0.25) is 11.8 Å². The molecule has 26 heavy (non-hydrogen) atoms. The lowest BCUT2D eigenvalue weighted by atomic mass is 9.75. The molecule has 1 aromatic heterocycles. The highest BCUT2D eigenvalue weighted by Gasteiger charge is 2.54. The number of aromatic nitrogens is 2. The second kappa shape index (κ2) is 7.73. The molecule has 3 heterocycles. The average molecular weight is 364 g/mol. The Morgan fingerprint density at radius 1 is 1.35 bits per heavy atom. The van der Waals surface area contributed by atoms with Crippen molar-refractivity contribution >= 4 is 11.9 Å². The van der Waals surface area contributed by atoms with E-state index in [4.69, 9.17) is 9.26 Å². The third-order valence-electron chi connectivity index (χ3n) is 5.61. The van der Waals surface area contributed by atoms with Gasteiger partial charge in [0.15, 0.2) is 5.82 Å². The van der Waals surface area contributed by atoms with E-state index in [0.717, 1.165) is 32.5 Å². The van der Waals surface area contributed by atoms with E-state index < -0.39 is 5.41 Å². The first-order chi connectivity index (χ1) is 12.5. The quantitative estimate of drug-likeness (QED) is 0.721. The molecule has 8 nitrogen and oxygen atoms in total. The highest BCUT2D eigenvalue weighted by Crippen LogP contribution is 2.43. The molecule has 144 valence electrons. The molecule has 0 radical (unpaired) electrons. The van der Waals surface area contributed by atoms with Gasteiger partial charge in [0.1, 0.15) is 6.42 Å². The summed E-state index contributed by atoms with van der Waals surface area (Å²) in [5.41, 5.74) is -0.498. The minimum atomic E-state index is -0.498. The molecule has 0 N–H and O–H groups in total. The van der Waals surface area contributed by atoms with Crippen LogP contribution in [-0.4, -0.2) is 71.1 Å². The van der Waals surface area contributed by atoms with Crippen LogP contribution in [0, 0.1) is 18.3 Å². The Kier molecular flexibility index (Phi) is 5.60. The summed E-state index contributed by atoms with van der Waals surface area (Å²) < 4.78 is 10.5. The summed E-state index contributed by atoms with van der Waals surface area (Å²) >= 11 is 0. The molecule has 0 aliphatic carbocycles. The van der Waals surface area contributed by atoms with Gasteiger partial charge < -0.3 is 19.1 Å². The Morgan fingerprint density at radius 3 is 2.81 bits per heavy atom. The molecular formula is C18H28N4O4. The second-order valence-electron chi connectivity index (χ2n) is 7.26. The van der Waals surface area contributed by atoms with Crippen LogP contribution in [0.3, 0.4) is 0 Å². The lowest BCUT2D eigenvalue weighted by Crippen LogP contribution is -2.43. The predicted octanol–water partition coefficient (Wildman–Crippen LogP) is 1.04. The number of ether oxygens (including phenoxy) is 1. The van der Waals surface area contributed by atoms with Crippen LogP contribution >= 0.6 is 0 Å². The zero-order valence-electron chi connectivity index (χ0n) is 15.9. The Hall–Kier alpha value is -1.96. The number of carbonyl (C=O) groups is 2. The Morgan fingerprint density at radius 2 is 2.15 bits per heavy atom. The Labute approximate surface area is 153 Å². The first kappa shape index (κ1) is 18.8. The van der Waals surface area contributed by atoms with E-state index in [2.05, 4.69) is 22.0 Å². The van der Waals surface area contributed by atoms with E-state index in [1.807, 2.05) is 11.8 Å². The molecule has 2 fully saturated rings. The van der Waals surface area contributed by atoms with Crippen molar-refractivity contribution in [1.29, 1.82) is 0 Å². The maximum absolute atomic E-state index is 12.8. The van der Waals surface area contributed by atoms with Gasteiger partial charge in [-0.2, -0.15) is 4.98 Å². The van der Waals surface area contributed by atoms with Crippen molar-refractivity contribution in [3.05, 3.63) is 11.7 Å². The zero-order valence-corrected chi connectivity index (χ0v) is 15.9. The van der Waals surface area contributed by atoms with Crippen molar-refractivity contribution in [2.75, 3.05) is 39.3 Å². The van der Waals surface area contributed by atoms with E-state index in [1.54, 1.807) is 6.92 Å². The van der Waals surface area contributed by atoms with E-state index in [1.165, 1.54) is 0 Å². The Bertz CT molecular complexity index is 661. The second-order valence-corrected chi connectivity index (χ2v) is 7.26. The third kappa shape index (κ3) is 3.60. The van der Waals surface area contributed by atoms with E-state index in [0.29, 0.717) is 31.4 Å². The Balaban J connectivity index is 1.75. The standard InChI is InChI=1S/C18H28N4O4/c1-4-21-10-14-11-22(16(23)9-15-19-13(3)20-26-15)8-6-7-18(14,12-21)17(24)25-5-2/h14H,4-12H2,1-3H3/t14-,18+/m1/s1. The van der Waals surface area contributed by atoms with Crippen LogP contribution in [0.1, 0.15) is 38.4 Å². The molecule has 0 spiro atoms. The lowest BCUT2D eigenvalue weighted by molar-refractivity contribution is -0.157. The minimum Gasteiger partial charge on any atom is -0.466 e. The number of aryl methyl sites for hydroxylation is 1. The SMILES string of the molecule is CCOC(=O)[C@]12CCCN(C(=O)Cc3nc(C)no3)C[C@H]1CN(CC)C2. The maximum Gasteiger partial charge on any atom is 0.313 e. The molecule has 2 aliphatic rings. The van der Waals surface area contributed by atoms with Gasteiger partial charge >= 0.3 is 5.97 Å². The highest BCUT2D eigenvalue weighted by molar-refractivity contribution is 5.80. The van der Waals surface area contributed by atoms with Crippen LogP contribution in [0.2, 0.25) is 0 Å². The van der Waals surface area contributed by atoms with Gasteiger partial charge in [-0.05, 0) is 33.2 Å². The topological polar surface area (TPSA) is 88.8 Å². The number of amides is 1. The van der Waals surface area contributed by atoms with Crippen molar-refractivity contribution in [3.63, 3.8) is 0 Å².